The summed E-state index contributed by atoms with van der Waals surface area (Å²) in [4.78, 5) is 16.9. The number of rotatable bonds is 5. The first kappa shape index (κ1) is 18.9. The largest absolute Gasteiger partial charge is 0.484 e. The highest BCUT2D eigenvalue weighted by Gasteiger charge is 2.11. The van der Waals surface area contributed by atoms with Crippen molar-refractivity contribution in [3.63, 3.8) is 0 Å². The Morgan fingerprint density at radius 1 is 0.935 bits per heavy atom. The molecule has 1 N–H and O–H groups in total. The first-order valence-electron chi connectivity index (χ1n) is 10.0. The summed E-state index contributed by atoms with van der Waals surface area (Å²) in [6.07, 6.45) is 0. The minimum absolute atomic E-state index is 0.0672. The summed E-state index contributed by atoms with van der Waals surface area (Å²) in [6.45, 7) is 1.93. The molecule has 5 rings (SSSR count). The van der Waals surface area contributed by atoms with Gasteiger partial charge in [-0.15, -0.1) is 0 Å². The Hall–Kier alpha value is -4.12. The maximum Gasteiger partial charge on any atom is 0.262 e. The topological polar surface area (TPSA) is 64.4 Å². The third kappa shape index (κ3) is 4.12. The molecule has 5 nitrogen and oxygen atoms in total. The molecule has 0 saturated carbocycles. The molecule has 0 bridgehead atoms. The predicted octanol–water partition coefficient (Wildman–Crippen LogP) is 5.97. The van der Waals surface area contributed by atoms with Crippen LogP contribution >= 0.6 is 0 Å². The molecule has 0 aliphatic heterocycles. The summed E-state index contributed by atoms with van der Waals surface area (Å²) in [7, 11) is 0. The van der Waals surface area contributed by atoms with Crippen LogP contribution in [-0.4, -0.2) is 17.5 Å². The lowest BCUT2D eigenvalue weighted by Crippen LogP contribution is -2.20. The van der Waals surface area contributed by atoms with Crippen LogP contribution in [0.25, 0.3) is 33.3 Å². The Labute approximate surface area is 179 Å². The Bertz CT molecular complexity index is 1390. The van der Waals surface area contributed by atoms with Crippen molar-refractivity contribution >= 4 is 33.5 Å². The van der Waals surface area contributed by atoms with Crippen molar-refractivity contribution in [2.24, 2.45) is 0 Å². The van der Waals surface area contributed by atoms with Crippen LogP contribution < -0.4 is 10.1 Å². The molecule has 0 radical (unpaired) electrons. The number of oxazole rings is 1. The van der Waals surface area contributed by atoms with Crippen LogP contribution in [0.15, 0.2) is 89.3 Å². The van der Waals surface area contributed by atoms with E-state index in [4.69, 9.17) is 9.15 Å². The second-order valence-corrected chi connectivity index (χ2v) is 7.41. The van der Waals surface area contributed by atoms with Crippen LogP contribution in [0, 0.1) is 6.92 Å². The molecule has 0 fully saturated rings. The number of nitrogens with one attached hydrogen (secondary N) is 1. The average molecular weight is 408 g/mol. The van der Waals surface area contributed by atoms with Crippen LogP contribution in [0.5, 0.6) is 5.75 Å². The van der Waals surface area contributed by atoms with Gasteiger partial charge in [-0.25, -0.2) is 4.98 Å². The van der Waals surface area contributed by atoms with Gasteiger partial charge < -0.3 is 14.5 Å². The van der Waals surface area contributed by atoms with Crippen molar-refractivity contribution in [3.05, 3.63) is 90.5 Å². The minimum Gasteiger partial charge on any atom is -0.484 e. The van der Waals surface area contributed by atoms with E-state index in [1.807, 2.05) is 55.5 Å². The monoisotopic (exact) mass is 408 g/mol. The number of carbonyl (C=O) groups excluding carboxylic acids is 1. The van der Waals surface area contributed by atoms with Gasteiger partial charge in [-0.1, -0.05) is 48.0 Å². The van der Waals surface area contributed by atoms with E-state index in [1.165, 1.54) is 5.39 Å². The number of ether oxygens (including phenoxy) is 1. The average Bonchev–Trinajstić information content (AvgIpc) is 3.22. The van der Waals surface area contributed by atoms with Gasteiger partial charge in [0.2, 0.25) is 5.89 Å². The number of aryl methyl sites for hydroxylation is 1. The van der Waals surface area contributed by atoms with Gasteiger partial charge in [0.15, 0.2) is 12.2 Å². The maximum absolute atomic E-state index is 12.3. The number of fused-ring (bicyclic) bond motifs is 2. The number of anilines is 1. The van der Waals surface area contributed by atoms with Crippen LogP contribution in [0.1, 0.15) is 5.56 Å². The zero-order valence-corrected chi connectivity index (χ0v) is 17.0. The Morgan fingerprint density at radius 3 is 2.58 bits per heavy atom. The molecule has 5 aromatic rings. The van der Waals surface area contributed by atoms with E-state index in [0.717, 1.165) is 16.5 Å². The smallest absolute Gasteiger partial charge is 0.262 e. The van der Waals surface area contributed by atoms with Gasteiger partial charge in [-0.2, -0.15) is 0 Å². The van der Waals surface area contributed by atoms with Crippen molar-refractivity contribution in [1.82, 2.24) is 4.98 Å². The van der Waals surface area contributed by atoms with Crippen molar-refractivity contribution in [3.8, 4) is 17.2 Å². The zero-order chi connectivity index (χ0) is 21.2. The molecule has 0 unspecified atom stereocenters. The summed E-state index contributed by atoms with van der Waals surface area (Å²) in [5.41, 5.74) is 4.04. The van der Waals surface area contributed by atoms with Gasteiger partial charge in [-0.3, -0.25) is 4.79 Å². The molecule has 5 heteroatoms. The molecule has 1 amide bonds. The molecule has 152 valence electrons. The van der Waals surface area contributed by atoms with E-state index >= 15 is 0 Å². The van der Waals surface area contributed by atoms with Crippen molar-refractivity contribution < 1.29 is 13.9 Å². The number of aromatic nitrogens is 1. The molecule has 0 spiro atoms. The van der Waals surface area contributed by atoms with Crippen LogP contribution in [0.3, 0.4) is 0 Å². The van der Waals surface area contributed by atoms with Crippen LogP contribution in [0.2, 0.25) is 0 Å². The normalized spacial score (nSPS) is 11.0. The van der Waals surface area contributed by atoms with Crippen molar-refractivity contribution in [2.45, 2.75) is 6.92 Å². The van der Waals surface area contributed by atoms with Gasteiger partial charge >= 0.3 is 0 Å². The highest BCUT2D eigenvalue weighted by molar-refractivity contribution is 5.94. The van der Waals surface area contributed by atoms with E-state index in [2.05, 4.69) is 34.6 Å². The molecule has 0 atom stereocenters. The summed E-state index contributed by atoms with van der Waals surface area (Å²) >= 11 is 0. The Morgan fingerprint density at radius 2 is 1.74 bits per heavy atom. The van der Waals surface area contributed by atoms with Gasteiger partial charge in [0.25, 0.3) is 5.91 Å². The number of amides is 1. The van der Waals surface area contributed by atoms with Gasteiger partial charge in [-0.05, 0) is 60.2 Å². The molecule has 0 aliphatic carbocycles. The number of benzene rings is 4. The number of nitrogens with zero attached hydrogens (tertiary/aromatic N) is 1. The molecule has 31 heavy (non-hydrogen) atoms. The van der Waals surface area contributed by atoms with Gasteiger partial charge in [0.05, 0.1) is 0 Å². The van der Waals surface area contributed by atoms with E-state index in [9.17, 15) is 4.79 Å². The first-order chi connectivity index (χ1) is 15.1. The van der Waals surface area contributed by atoms with Crippen molar-refractivity contribution in [1.29, 1.82) is 0 Å². The second kappa shape index (κ2) is 7.95. The lowest BCUT2D eigenvalue weighted by atomic mass is 10.1. The predicted molar refractivity (Wildman–Crippen MR) is 122 cm³/mol. The van der Waals surface area contributed by atoms with Crippen LogP contribution in [0.4, 0.5) is 5.69 Å². The lowest BCUT2D eigenvalue weighted by Gasteiger charge is -2.07. The second-order valence-electron chi connectivity index (χ2n) is 7.41. The first-order valence-corrected chi connectivity index (χ1v) is 10.0. The highest BCUT2D eigenvalue weighted by atomic mass is 16.5. The third-order valence-electron chi connectivity index (χ3n) is 5.06. The molecule has 0 saturated heterocycles. The van der Waals surface area contributed by atoms with E-state index in [1.54, 1.807) is 12.1 Å². The van der Waals surface area contributed by atoms with E-state index in [0.29, 0.717) is 28.4 Å². The summed E-state index contributed by atoms with van der Waals surface area (Å²) in [6, 6.07) is 27.3. The SMILES string of the molecule is Cc1ccc(OCC(=O)Nc2ccc3oc(-c4ccc5ccccc5c4)nc3c2)cc1. The third-order valence-corrected chi connectivity index (χ3v) is 5.06. The molecule has 1 aromatic heterocycles. The van der Waals surface area contributed by atoms with E-state index < -0.39 is 0 Å². The quantitative estimate of drug-likeness (QED) is 0.389. The molecule has 1 heterocycles. The van der Waals surface area contributed by atoms with Crippen molar-refractivity contribution in [2.75, 3.05) is 11.9 Å². The molecular formula is C26H20N2O3. The van der Waals surface area contributed by atoms with Crippen LogP contribution in [-0.2, 0) is 4.79 Å². The standard InChI is InChI=1S/C26H20N2O3/c1-17-6-11-22(12-7-17)30-16-25(29)27-21-10-13-24-23(15-21)28-26(31-24)20-9-8-18-4-2-3-5-19(18)14-20/h2-15H,16H2,1H3,(H,27,29). The summed E-state index contributed by atoms with van der Waals surface area (Å²) in [5.74, 6) is 0.970. The van der Waals surface area contributed by atoms with E-state index in [-0.39, 0.29) is 12.5 Å². The highest BCUT2D eigenvalue weighted by Crippen LogP contribution is 2.28. The fourth-order valence-corrected chi connectivity index (χ4v) is 3.43. The fraction of sp³-hybridized carbons (Fsp3) is 0.0769. The molecule has 4 aromatic carbocycles. The number of hydrogen-bond donors (Lipinski definition) is 1. The van der Waals surface area contributed by atoms with Gasteiger partial charge in [0.1, 0.15) is 11.3 Å². The summed E-state index contributed by atoms with van der Waals surface area (Å²) < 4.78 is 11.5. The Balaban J connectivity index is 1.31. The fourth-order valence-electron chi connectivity index (χ4n) is 3.43. The number of hydrogen-bond acceptors (Lipinski definition) is 4. The Kier molecular flexibility index (Phi) is 4.84. The lowest BCUT2D eigenvalue weighted by molar-refractivity contribution is -0.118. The minimum atomic E-state index is -0.238. The zero-order valence-electron chi connectivity index (χ0n) is 17.0. The summed E-state index contributed by atoms with van der Waals surface area (Å²) in [5, 5.41) is 5.14. The molecule has 0 aliphatic rings. The number of carbonyl (C=O) groups is 1. The molecular weight excluding hydrogens is 388 g/mol. The van der Waals surface area contributed by atoms with Gasteiger partial charge in [0, 0.05) is 11.3 Å². The maximum atomic E-state index is 12.3.